The van der Waals surface area contributed by atoms with Crippen molar-refractivity contribution >= 4 is 5.82 Å². The minimum absolute atomic E-state index is 0.0253. The van der Waals surface area contributed by atoms with Crippen LogP contribution >= 0.6 is 0 Å². The van der Waals surface area contributed by atoms with E-state index in [0.717, 1.165) is 49.6 Å². The molecule has 5 rings (SSSR count). The number of nitrogens with zero attached hydrogens (tertiary/aromatic N) is 5. The largest absolute Gasteiger partial charge is 0.481 e. The zero-order chi connectivity index (χ0) is 20.7. The maximum Gasteiger partial charge on any atom is 0.251 e. The molecule has 30 heavy (non-hydrogen) atoms. The van der Waals surface area contributed by atoms with Crippen molar-refractivity contribution in [3.8, 4) is 17.1 Å². The first kappa shape index (κ1) is 18.7. The molecule has 5 heterocycles. The van der Waals surface area contributed by atoms with Gasteiger partial charge in [0.2, 0.25) is 5.88 Å². The van der Waals surface area contributed by atoms with Crippen LogP contribution in [0.1, 0.15) is 23.7 Å². The molecule has 0 spiro atoms. The Morgan fingerprint density at radius 3 is 2.90 bits per heavy atom. The number of hydrogen-bond donors (Lipinski definition) is 1. The van der Waals surface area contributed by atoms with Crippen LogP contribution in [-0.2, 0) is 13.1 Å². The van der Waals surface area contributed by atoms with Gasteiger partial charge in [0.15, 0.2) is 0 Å². The molecule has 2 bridgehead atoms. The Morgan fingerprint density at radius 1 is 1.17 bits per heavy atom. The van der Waals surface area contributed by atoms with Gasteiger partial charge >= 0.3 is 0 Å². The summed E-state index contributed by atoms with van der Waals surface area (Å²) in [5.74, 6) is 1.79. The van der Waals surface area contributed by atoms with Crippen LogP contribution in [0.25, 0.3) is 11.3 Å². The third-order valence-corrected chi connectivity index (χ3v) is 5.99. The van der Waals surface area contributed by atoms with Gasteiger partial charge in [-0.3, -0.25) is 9.69 Å². The average Bonchev–Trinajstić information content (AvgIpc) is 2.74. The Morgan fingerprint density at radius 2 is 2.07 bits per heavy atom. The molecule has 0 saturated carbocycles. The molecular formula is C22H24N6O2. The maximum atomic E-state index is 12.9. The van der Waals surface area contributed by atoms with Crippen molar-refractivity contribution in [2.24, 2.45) is 5.92 Å². The van der Waals surface area contributed by atoms with E-state index in [1.807, 2.05) is 22.8 Å². The number of aromatic nitrogens is 4. The average molecular weight is 404 g/mol. The highest BCUT2D eigenvalue weighted by Crippen LogP contribution is 2.36. The highest BCUT2D eigenvalue weighted by atomic mass is 16.5. The lowest BCUT2D eigenvalue weighted by Gasteiger charge is -2.42. The van der Waals surface area contributed by atoms with Gasteiger partial charge in [-0.05, 0) is 24.5 Å². The molecule has 3 aromatic rings. The van der Waals surface area contributed by atoms with Crippen LogP contribution in [0.15, 0.2) is 47.5 Å². The number of likely N-dealkylation sites (tertiary alicyclic amines) is 1. The molecule has 0 amide bonds. The number of fused-ring (bicyclic) bond motifs is 4. The lowest BCUT2D eigenvalue weighted by molar-refractivity contribution is 0.113. The Hall–Kier alpha value is -3.26. The zero-order valence-corrected chi connectivity index (χ0v) is 16.9. The van der Waals surface area contributed by atoms with E-state index in [2.05, 4.69) is 25.9 Å². The van der Waals surface area contributed by atoms with Crippen LogP contribution in [0.2, 0.25) is 0 Å². The van der Waals surface area contributed by atoms with Gasteiger partial charge in [0.05, 0.1) is 18.5 Å². The Balaban J connectivity index is 1.44. The molecule has 1 saturated heterocycles. The first-order chi connectivity index (χ1) is 14.6. The number of hydrogen-bond acceptors (Lipinski definition) is 7. The summed E-state index contributed by atoms with van der Waals surface area (Å²) in [5, 5.41) is 0. The highest BCUT2D eigenvalue weighted by molar-refractivity contribution is 5.61. The van der Waals surface area contributed by atoms with E-state index in [4.69, 9.17) is 10.5 Å². The van der Waals surface area contributed by atoms with E-state index < -0.39 is 0 Å². The molecule has 3 aromatic heterocycles. The minimum atomic E-state index is 0.0253. The molecule has 0 aromatic carbocycles. The second kappa shape index (κ2) is 7.53. The molecule has 2 N–H and O–H groups in total. The van der Waals surface area contributed by atoms with Crippen LogP contribution in [0.3, 0.4) is 0 Å². The normalized spacial score (nSPS) is 20.6. The SMILES string of the molecule is COc1cccc(CN2C[C@@H]3C[C@H](C2)c2cc(-c4cc(N)ncn4)cc(=O)n2C3)n1. The first-order valence-corrected chi connectivity index (χ1v) is 10.1. The van der Waals surface area contributed by atoms with Gasteiger partial charge in [-0.2, -0.15) is 0 Å². The molecule has 8 nitrogen and oxygen atoms in total. The Bertz CT molecular complexity index is 1140. The molecule has 154 valence electrons. The number of nitrogens with two attached hydrogens (primary N) is 1. The van der Waals surface area contributed by atoms with Crippen molar-refractivity contribution in [1.29, 1.82) is 0 Å². The van der Waals surface area contributed by atoms with E-state index in [-0.39, 0.29) is 5.56 Å². The van der Waals surface area contributed by atoms with Gasteiger partial charge in [-0.15, -0.1) is 0 Å². The Labute approximate surface area is 174 Å². The predicted octanol–water partition coefficient (Wildman–Crippen LogP) is 1.91. The summed E-state index contributed by atoms with van der Waals surface area (Å²) in [6.45, 7) is 3.38. The monoisotopic (exact) mass is 404 g/mol. The smallest absolute Gasteiger partial charge is 0.251 e. The molecule has 2 aliphatic rings. The number of methoxy groups -OCH3 is 1. The molecular weight excluding hydrogens is 380 g/mol. The highest BCUT2D eigenvalue weighted by Gasteiger charge is 2.35. The fourth-order valence-electron chi connectivity index (χ4n) is 4.75. The number of rotatable bonds is 4. The molecule has 0 aliphatic carbocycles. The molecule has 2 aliphatic heterocycles. The van der Waals surface area contributed by atoms with Crippen LogP contribution in [0, 0.1) is 5.92 Å². The van der Waals surface area contributed by atoms with Crippen molar-refractivity contribution in [2.45, 2.75) is 25.4 Å². The van der Waals surface area contributed by atoms with Crippen molar-refractivity contribution < 1.29 is 4.74 Å². The predicted molar refractivity (Wildman–Crippen MR) is 113 cm³/mol. The van der Waals surface area contributed by atoms with Crippen LogP contribution in [0.4, 0.5) is 5.82 Å². The molecule has 0 radical (unpaired) electrons. The van der Waals surface area contributed by atoms with Gasteiger partial charge < -0.3 is 15.0 Å². The number of nitrogen functional groups attached to an aromatic ring is 1. The second-order valence-electron chi connectivity index (χ2n) is 8.11. The molecule has 0 unspecified atom stereocenters. The number of ether oxygens (including phenoxy) is 1. The summed E-state index contributed by atoms with van der Waals surface area (Å²) in [6, 6.07) is 11.3. The summed E-state index contributed by atoms with van der Waals surface area (Å²) in [4.78, 5) is 28.1. The van der Waals surface area contributed by atoms with Crippen molar-refractivity contribution in [2.75, 3.05) is 25.9 Å². The van der Waals surface area contributed by atoms with E-state index in [1.165, 1.54) is 6.33 Å². The lowest BCUT2D eigenvalue weighted by atomic mass is 9.82. The second-order valence-corrected chi connectivity index (χ2v) is 8.11. The van der Waals surface area contributed by atoms with E-state index in [1.54, 1.807) is 19.2 Å². The van der Waals surface area contributed by atoms with Gasteiger partial charge in [0.25, 0.3) is 5.56 Å². The van der Waals surface area contributed by atoms with E-state index in [9.17, 15) is 4.79 Å². The lowest BCUT2D eigenvalue weighted by Crippen LogP contribution is -2.46. The van der Waals surface area contributed by atoms with Gasteiger partial charge in [-0.25, -0.2) is 15.0 Å². The van der Waals surface area contributed by atoms with Gasteiger partial charge in [0.1, 0.15) is 12.1 Å². The van der Waals surface area contributed by atoms with Crippen LogP contribution in [0.5, 0.6) is 5.88 Å². The summed E-state index contributed by atoms with van der Waals surface area (Å²) < 4.78 is 7.19. The third kappa shape index (κ3) is 3.54. The fourth-order valence-corrected chi connectivity index (χ4v) is 4.75. The zero-order valence-electron chi connectivity index (χ0n) is 16.9. The van der Waals surface area contributed by atoms with Crippen molar-refractivity contribution in [3.05, 3.63) is 64.5 Å². The summed E-state index contributed by atoms with van der Waals surface area (Å²) in [5.41, 5.74) is 9.38. The molecule has 8 heteroatoms. The summed E-state index contributed by atoms with van der Waals surface area (Å²) in [7, 11) is 1.63. The number of pyridine rings is 2. The quantitative estimate of drug-likeness (QED) is 0.709. The third-order valence-electron chi connectivity index (χ3n) is 5.99. The van der Waals surface area contributed by atoms with Gasteiger partial charge in [0, 0.05) is 61.6 Å². The topological polar surface area (TPSA) is 99.2 Å². The maximum absolute atomic E-state index is 12.9. The summed E-state index contributed by atoms with van der Waals surface area (Å²) in [6.07, 6.45) is 2.53. The standard InChI is InChI=1S/C22H24N6O2/c1-30-21-4-2-3-17(26-21)12-27-9-14-5-16(11-27)19-6-15(7-22(29)28(19)10-14)18-8-20(23)25-13-24-18/h2-4,6-8,13-14,16H,5,9-12H2,1H3,(H2,23,24,25)/t14-,16+/m0/s1. The molecule has 2 atom stereocenters. The van der Waals surface area contributed by atoms with Crippen LogP contribution < -0.4 is 16.0 Å². The number of anilines is 1. The number of piperidine rings is 1. The minimum Gasteiger partial charge on any atom is -0.481 e. The van der Waals surface area contributed by atoms with Gasteiger partial charge in [-0.1, -0.05) is 6.07 Å². The summed E-state index contributed by atoms with van der Waals surface area (Å²) >= 11 is 0. The van der Waals surface area contributed by atoms with Crippen molar-refractivity contribution in [1.82, 2.24) is 24.4 Å². The van der Waals surface area contributed by atoms with E-state index >= 15 is 0 Å². The Kier molecular flexibility index (Phi) is 4.71. The fraction of sp³-hybridized carbons (Fsp3) is 0.364. The molecule has 1 fully saturated rings. The first-order valence-electron chi connectivity index (χ1n) is 10.1. The van der Waals surface area contributed by atoms with Crippen LogP contribution in [-0.4, -0.2) is 44.6 Å². The van der Waals surface area contributed by atoms with E-state index in [0.29, 0.717) is 29.2 Å². The van der Waals surface area contributed by atoms with Crippen molar-refractivity contribution in [3.63, 3.8) is 0 Å².